The van der Waals surface area contributed by atoms with Crippen molar-refractivity contribution in [2.45, 2.75) is 0 Å². The highest BCUT2D eigenvalue weighted by Gasteiger charge is 2.25. The molecule has 1 aromatic heterocycles. The van der Waals surface area contributed by atoms with Crippen molar-refractivity contribution >= 4 is 23.2 Å². The molecule has 134 valence electrons. The SMILES string of the molecule is COC(=O)C1=CN=C(n2nccc2-c2ccccc2)N(C)c2ccccc21. The number of nitrogens with zero attached hydrogens (tertiary/aromatic N) is 4. The second-order valence-corrected chi connectivity index (χ2v) is 6.03. The Kier molecular flexibility index (Phi) is 4.30. The minimum atomic E-state index is -0.426. The maximum absolute atomic E-state index is 12.3. The zero-order chi connectivity index (χ0) is 18.8. The van der Waals surface area contributed by atoms with Crippen LogP contribution in [0.25, 0.3) is 16.8 Å². The third-order valence-electron chi connectivity index (χ3n) is 4.47. The van der Waals surface area contributed by atoms with Crippen molar-refractivity contribution in [3.05, 3.63) is 78.6 Å². The number of hydrogen-bond acceptors (Lipinski definition) is 5. The monoisotopic (exact) mass is 358 g/mol. The lowest BCUT2D eigenvalue weighted by atomic mass is 10.0. The van der Waals surface area contributed by atoms with Crippen LogP contribution in [0.1, 0.15) is 5.56 Å². The summed E-state index contributed by atoms with van der Waals surface area (Å²) < 4.78 is 6.71. The van der Waals surface area contributed by atoms with E-state index in [2.05, 4.69) is 10.1 Å². The van der Waals surface area contributed by atoms with Crippen LogP contribution < -0.4 is 4.90 Å². The van der Waals surface area contributed by atoms with Crippen LogP contribution in [-0.4, -0.2) is 35.9 Å². The average Bonchev–Trinajstić information content (AvgIpc) is 3.15. The lowest BCUT2D eigenvalue weighted by Gasteiger charge is -2.23. The maximum atomic E-state index is 12.3. The summed E-state index contributed by atoms with van der Waals surface area (Å²) in [4.78, 5) is 18.8. The Morgan fingerprint density at radius 1 is 1.00 bits per heavy atom. The van der Waals surface area contributed by atoms with Crippen LogP contribution in [0, 0.1) is 0 Å². The van der Waals surface area contributed by atoms with Gasteiger partial charge in [0, 0.05) is 24.4 Å². The van der Waals surface area contributed by atoms with Crippen LogP contribution in [0.3, 0.4) is 0 Å². The van der Waals surface area contributed by atoms with Crippen LogP contribution in [-0.2, 0) is 9.53 Å². The number of anilines is 1. The van der Waals surface area contributed by atoms with E-state index in [0.717, 1.165) is 22.5 Å². The molecule has 0 aliphatic carbocycles. The van der Waals surface area contributed by atoms with Gasteiger partial charge < -0.3 is 9.64 Å². The first-order chi connectivity index (χ1) is 13.2. The van der Waals surface area contributed by atoms with Gasteiger partial charge in [-0.15, -0.1) is 0 Å². The molecular weight excluding hydrogens is 340 g/mol. The highest BCUT2D eigenvalue weighted by atomic mass is 16.5. The fraction of sp³-hybridized carbons (Fsp3) is 0.0952. The molecule has 0 fully saturated rings. The second-order valence-electron chi connectivity index (χ2n) is 6.03. The number of rotatable bonds is 2. The number of carbonyl (C=O) groups is 1. The molecule has 1 aliphatic rings. The number of ether oxygens (including phenoxy) is 1. The lowest BCUT2D eigenvalue weighted by molar-refractivity contribution is -0.133. The van der Waals surface area contributed by atoms with Crippen molar-refractivity contribution in [1.82, 2.24) is 9.78 Å². The number of methoxy groups -OCH3 is 1. The molecule has 0 atom stereocenters. The number of fused-ring (bicyclic) bond motifs is 1. The van der Waals surface area contributed by atoms with Gasteiger partial charge in [-0.1, -0.05) is 48.5 Å². The van der Waals surface area contributed by atoms with E-state index in [1.54, 1.807) is 17.1 Å². The van der Waals surface area contributed by atoms with Crippen molar-refractivity contribution in [2.24, 2.45) is 4.99 Å². The molecule has 4 rings (SSSR count). The van der Waals surface area contributed by atoms with E-state index in [1.165, 1.54) is 7.11 Å². The summed E-state index contributed by atoms with van der Waals surface area (Å²) in [7, 11) is 3.27. The Hall–Kier alpha value is -3.67. The lowest BCUT2D eigenvalue weighted by Crippen LogP contribution is -2.33. The number of hydrogen-bond donors (Lipinski definition) is 0. The van der Waals surface area contributed by atoms with Crippen molar-refractivity contribution in [1.29, 1.82) is 0 Å². The van der Waals surface area contributed by atoms with E-state index < -0.39 is 5.97 Å². The van der Waals surface area contributed by atoms with Gasteiger partial charge in [-0.25, -0.2) is 9.79 Å². The number of aliphatic imine (C=N–C) groups is 1. The highest BCUT2D eigenvalue weighted by Crippen LogP contribution is 2.31. The minimum absolute atomic E-state index is 0.406. The predicted molar refractivity (Wildman–Crippen MR) is 105 cm³/mol. The molecule has 0 N–H and O–H groups in total. The Balaban J connectivity index is 1.88. The van der Waals surface area contributed by atoms with Gasteiger partial charge in [0.2, 0.25) is 5.96 Å². The second kappa shape index (κ2) is 6.92. The fourth-order valence-electron chi connectivity index (χ4n) is 3.14. The Bertz CT molecular complexity index is 1050. The van der Waals surface area contributed by atoms with Gasteiger partial charge in [-0.2, -0.15) is 9.78 Å². The Morgan fingerprint density at radius 3 is 2.52 bits per heavy atom. The Morgan fingerprint density at radius 2 is 1.74 bits per heavy atom. The maximum Gasteiger partial charge on any atom is 0.340 e. The zero-order valence-electron chi connectivity index (χ0n) is 15.0. The van der Waals surface area contributed by atoms with Gasteiger partial charge in [0.1, 0.15) is 0 Å². The molecule has 6 nitrogen and oxygen atoms in total. The van der Waals surface area contributed by atoms with Gasteiger partial charge in [0.15, 0.2) is 0 Å². The van der Waals surface area contributed by atoms with Crippen LogP contribution in [0.2, 0.25) is 0 Å². The van der Waals surface area contributed by atoms with Gasteiger partial charge in [0.25, 0.3) is 0 Å². The predicted octanol–water partition coefficient (Wildman–Crippen LogP) is 3.42. The van der Waals surface area contributed by atoms with Gasteiger partial charge >= 0.3 is 5.97 Å². The smallest absolute Gasteiger partial charge is 0.340 e. The number of aromatic nitrogens is 2. The Labute approximate surface area is 157 Å². The van der Waals surface area contributed by atoms with E-state index in [-0.39, 0.29) is 0 Å². The third kappa shape index (κ3) is 2.91. The molecule has 27 heavy (non-hydrogen) atoms. The van der Waals surface area contributed by atoms with Crippen molar-refractivity contribution in [2.75, 3.05) is 19.1 Å². The number of esters is 1. The molecule has 0 bridgehead atoms. The molecule has 0 saturated carbocycles. The largest absolute Gasteiger partial charge is 0.465 e. The molecule has 6 heteroatoms. The van der Waals surface area contributed by atoms with Crippen LogP contribution >= 0.6 is 0 Å². The van der Waals surface area contributed by atoms with Gasteiger partial charge in [0.05, 0.1) is 30.3 Å². The highest BCUT2D eigenvalue weighted by molar-refractivity contribution is 6.20. The van der Waals surface area contributed by atoms with E-state index in [4.69, 9.17) is 4.74 Å². The first kappa shape index (κ1) is 16.8. The van der Waals surface area contributed by atoms with Gasteiger partial charge in [-0.3, -0.25) is 0 Å². The fourth-order valence-corrected chi connectivity index (χ4v) is 3.14. The molecule has 2 aromatic carbocycles. The van der Waals surface area contributed by atoms with Crippen molar-refractivity contribution in [3.63, 3.8) is 0 Å². The molecule has 0 spiro atoms. The van der Waals surface area contributed by atoms with Crippen LogP contribution in [0.4, 0.5) is 5.69 Å². The normalized spacial score (nSPS) is 13.3. The molecule has 0 saturated heterocycles. The van der Waals surface area contributed by atoms with Crippen molar-refractivity contribution < 1.29 is 9.53 Å². The summed E-state index contributed by atoms with van der Waals surface area (Å²) in [6, 6.07) is 19.6. The molecular formula is C21H18N4O2. The summed E-state index contributed by atoms with van der Waals surface area (Å²) >= 11 is 0. The van der Waals surface area contributed by atoms with E-state index >= 15 is 0 Å². The molecule has 0 amide bonds. The van der Waals surface area contributed by atoms with Crippen LogP contribution in [0.5, 0.6) is 0 Å². The van der Waals surface area contributed by atoms with E-state index in [9.17, 15) is 4.79 Å². The molecule has 1 aliphatic heterocycles. The topological polar surface area (TPSA) is 59.7 Å². The summed E-state index contributed by atoms with van der Waals surface area (Å²) in [5, 5.41) is 4.47. The van der Waals surface area contributed by atoms with Crippen LogP contribution in [0.15, 0.2) is 78.1 Å². The summed E-state index contributed by atoms with van der Waals surface area (Å²) in [6.45, 7) is 0. The van der Waals surface area contributed by atoms with E-state index in [0.29, 0.717) is 11.5 Å². The standard InChI is InChI=1S/C21H18N4O2/c1-24-19-11-7-6-10-16(19)17(20(26)27-2)14-22-21(24)25-18(12-13-23-25)15-8-4-3-5-9-15/h3-14H,1-2H3. The number of benzene rings is 2. The first-order valence-electron chi connectivity index (χ1n) is 8.50. The van der Waals surface area contributed by atoms with E-state index in [1.807, 2.05) is 72.6 Å². The van der Waals surface area contributed by atoms with Gasteiger partial charge in [-0.05, 0) is 12.1 Å². The third-order valence-corrected chi connectivity index (χ3v) is 4.47. The number of para-hydroxylation sites is 1. The molecule has 2 heterocycles. The molecule has 3 aromatic rings. The summed E-state index contributed by atoms with van der Waals surface area (Å²) in [5.41, 5.74) is 3.96. The molecule has 0 radical (unpaired) electrons. The first-order valence-corrected chi connectivity index (χ1v) is 8.50. The minimum Gasteiger partial charge on any atom is -0.465 e. The summed E-state index contributed by atoms with van der Waals surface area (Å²) in [6.07, 6.45) is 3.28. The zero-order valence-corrected chi connectivity index (χ0v) is 15.0. The quantitative estimate of drug-likeness (QED) is 0.659. The average molecular weight is 358 g/mol. The summed E-state index contributed by atoms with van der Waals surface area (Å²) in [5.74, 6) is 0.162. The molecule has 0 unspecified atom stereocenters. The number of carbonyl (C=O) groups excluding carboxylic acids is 1. The van der Waals surface area contributed by atoms with Crippen molar-refractivity contribution in [3.8, 4) is 11.3 Å².